The fraction of sp³-hybridized carbons (Fsp3) is 0.357. The van der Waals surface area contributed by atoms with E-state index in [2.05, 4.69) is 131 Å². The Morgan fingerprint density at radius 1 is 0.545 bits per heavy atom. The molecule has 33 heavy (non-hydrogen) atoms. The number of aryl methyl sites for hydroxylation is 4. The molecular formula is C28H41N2PSi2. The average molecular weight is 493 g/mol. The third-order valence-electron chi connectivity index (χ3n) is 6.18. The predicted octanol–water partition coefficient (Wildman–Crippen LogP) is 7.74. The third-order valence-corrected chi connectivity index (χ3v) is 18.4. The van der Waals surface area contributed by atoms with E-state index in [0.717, 1.165) is 0 Å². The van der Waals surface area contributed by atoms with Crippen LogP contribution in [0.2, 0.25) is 26.2 Å². The van der Waals surface area contributed by atoms with E-state index in [-0.39, 0.29) is 7.92 Å². The lowest BCUT2D eigenvalue weighted by molar-refractivity contribution is 1.36. The van der Waals surface area contributed by atoms with Gasteiger partial charge in [0.25, 0.3) is 0 Å². The van der Waals surface area contributed by atoms with Crippen LogP contribution in [0.5, 0.6) is 0 Å². The fourth-order valence-corrected chi connectivity index (χ4v) is 18.5. The first-order valence-electron chi connectivity index (χ1n) is 12.0. The van der Waals surface area contributed by atoms with Crippen molar-refractivity contribution in [3.63, 3.8) is 0 Å². The standard InChI is InChI=1S/C28H41N2PSi2/c1-22-14-12-15-23(2)27(22)29-32(5,6)20-31(26-18-10-9-11-19-26)21-33(7,8)30-28-24(3)16-13-17-25(28)4/h9-19,29-30H,20-21H2,1-8H3. The molecule has 3 aromatic rings. The maximum atomic E-state index is 4.06. The molecule has 0 radical (unpaired) electrons. The van der Waals surface area contributed by atoms with Crippen LogP contribution in [0.25, 0.3) is 0 Å². The number of benzene rings is 3. The van der Waals surface area contributed by atoms with Crippen LogP contribution in [0, 0.1) is 27.7 Å². The highest BCUT2D eigenvalue weighted by Crippen LogP contribution is 2.41. The Kier molecular flexibility index (Phi) is 8.26. The minimum absolute atomic E-state index is 0.264. The van der Waals surface area contributed by atoms with Gasteiger partial charge in [-0.2, -0.15) is 0 Å². The van der Waals surface area contributed by atoms with E-state index in [1.807, 2.05) is 0 Å². The zero-order valence-electron chi connectivity index (χ0n) is 21.7. The first-order valence-corrected chi connectivity index (χ1v) is 20.1. The highest BCUT2D eigenvalue weighted by molar-refractivity contribution is 7.70. The first kappa shape index (κ1) is 25.7. The normalized spacial score (nSPS) is 12.2. The van der Waals surface area contributed by atoms with Crippen molar-refractivity contribution in [3.05, 3.63) is 89.0 Å². The molecule has 0 fully saturated rings. The van der Waals surface area contributed by atoms with Gasteiger partial charge in [-0.3, -0.25) is 0 Å². The summed E-state index contributed by atoms with van der Waals surface area (Å²) in [7, 11) is -3.65. The van der Waals surface area contributed by atoms with E-state index < -0.39 is 16.5 Å². The summed E-state index contributed by atoms with van der Waals surface area (Å²) < 4.78 is 0. The van der Waals surface area contributed by atoms with Gasteiger partial charge < -0.3 is 9.96 Å². The van der Waals surface area contributed by atoms with E-state index >= 15 is 0 Å². The largest absolute Gasteiger partial charge is 0.410 e. The lowest BCUT2D eigenvalue weighted by Gasteiger charge is -2.36. The molecule has 5 heteroatoms. The molecule has 0 saturated carbocycles. The Bertz CT molecular complexity index is 973. The van der Waals surface area contributed by atoms with Crippen molar-refractivity contribution < 1.29 is 0 Å². The second-order valence-electron chi connectivity index (χ2n) is 10.7. The van der Waals surface area contributed by atoms with Crippen molar-refractivity contribution in [1.82, 2.24) is 0 Å². The summed E-state index contributed by atoms with van der Waals surface area (Å²) in [4.78, 5) is 8.12. The molecule has 2 nitrogen and oxygen atoms in total. The lowest BCUT2D eigenvalue weighted by Crippen LogP contribution is -2.46. The molecule has 0 saturated heterocycles. The van der Waals surface area contributed by atoms with Crippen LogP contribution < -0.4 is 15.3 Å². The van der Waals surface area contributed by atoms with E-state index in [1.54, 1.807) is 5.30 Å². The average Bonchev–Trinajstić information content (AvgIpc) is 2.73. The van der Waals surface area contributed by atoms with Crippen molar-refractivity contribution in [2.24, 2.45) is 0 Å². The molecule has 3 aromatic carbocycles. The number of anilines is 2. The smallest absolute Gasteiger partial charge is 0.151 e. The Morgan fingerprint density at radius 2 is 0.909 bits per heavy atom. The molecular weight excluding hydrogens is 451 g/mol. The zero-order chi connectivity index (χ0) is 24.2. The maximum absolute atomic E-state index is 4.06. The molecule has 0 aliphatic heterocycles. The van der Waals surface area contributed by atoms with Crippen LogP contribution in [-0.2, 0) is 0 Å². The molecule has 176 valence electrons. The highest BCUT2D eigenvalue weighted by Gasteiger charge is 2.33. The Hall–Kier alpha value is -1.88. The SMILES string of the molecule is Cc1cccc(C)c1N[Si](C)(C)CP(C[Si](C)(C)Nc1c(C)cccc1C)c1ccccc1. The summed E-state index contributed by atoms with van der Waals surface area (Å²) in [5.74, 6) is 2.57. The molecule has 0 aliphatic rings. The van der Waals surface area contributed by atoms with Crippen LogP contribution in [-0.4, -0.2) is 28.0 Å². The monoisotopic (exact) mass is 492 g/mol. The molecule has 0 spiro atoms. The highest BCUT2D eigenvalue weighted by atomic mass is 31.1. The third kappa shape index (κ3) is 7.05. The molecule has 0 atom stereocenters. The predicted molar refractivity (Wildman–Crippen MR) is 157 cm³/mol. The van der Waals surface area contributed by atoms with Crippen molar-refractivity contribution in [2.75, 3.05) is 21.5 Å². The molecule has 0 amide bonds. The minimum Gasteiger partial charge on any atom is -0.410 e. The van der Waals surface area contributed by atoms with Crippen LogP contribution >= 0.6 is 7.92 Å². The topological polar surface area (TPSA) is 24.1 Å². The van der Waals surface area contributed by atoms with Crippen molar-refractivity contribution in [3.8, 4) is 0 Å². The van der Waals surface area contributed by atoms with Gasteiger partial charge in [0.15, 0.2) is 16.5 Å². The molecule has 3 rings (SSSR count). The van der Waals surface area contributed by atoms with E-state index in [4.69, 9.17) is 0 Å². The summed E-state index contributed by atoms with van der Waals surface area (Å²) in [6, 6.07) is 24.5. The molecule has 0 aromatic heterocycles. The van der Waals surface area contributed by atoms with Crippen molar-refractivity contribution >= 4 is 41.1 Å². The van der Waals surface area contributed by atoms with Crippen molar-refractivity contribution in [2.45, 2.75) is 53.9 Å². The van der Waals surface area contributed by atoms with Gasteiger partial charge in [-0.25, -0.2) is 0 Å². The van der Waals surface area contributed by atoms with E-state index in [9.17, 15) is 0 Å². The van der Waals surface area contributed by atoms with Crippen LogP contribution in [0.4, 0.5) is 11.4 Å². The number of nitrogens with one attached hydrogen (secondary N) is 2. The number of para-hydroxylation sites is 2. The molecule has 0 bridgehead atoms. The summed E-state index contributed by atoms with van der Waals surface area (Å²) in [6.07, 6.45) is 0. The van der Waals surface area contributed by atoms with E-state index in [1.165, 1.54) is 45.2 Å². The fourth-order valence-electron chi connectivity index (χ4n) is 4.61. The van der Waals surface area contributed by atoms with E-state index in [0.29, 0.717) is 0 Å². The molecule has 0 aliphatic carbocycles. The summed E-state index contributed by atoms with van der Waals surface area (Å²) in [6.45, 7) is 18.9. The summed E-state index contributed by atoms with van der Waals surface area (Å²) >= 11 is 0. The Morgan fingerprint density at radius 3 is 1.27 bits per heavy atom. The van der Waals surface area contributed by atoms with Gasteiger partial charge in [0.1, 0.15) is 0 Å². The van der Waals surface area contributed by atoms with Gasteiger partial charge in [-0.15, -0.1) is 0 Å². The van der Waals surface area contributed by atoms with Gasteiger partial charge in [0, 0.05) is 11.4 Å². The Balaban J connectivity index is 1.86. The van der Waals surface area contributed by atoms with Crippen LogP contribution in [0.3, 0.4) is 0 Å². The molecule has 0 heterocycles. The first-order chi connectivity index (χ1) is 15.5. The van der Waals surface area contributed by atoms with Gasteiger partial charge in [0.05, 0.1) is 0 Å². The number of hydrogen-bond donors (Lipinski definition) is 2. The molecule has 0 unspecified atom stereocenters. The van der Waals surface area contributed by atoms with Gasteiger partial charge in [0.2, 0.25) is 0 Å². The second kappa shape index (κ2) is 10.6. The van der Waals surface area contributed by atoms with Gasteiger partial charge in [-0.05, 0) is 66.8 Å². The maximum Gasteiger partial charge on any atom is 0.151 e. The van der Waals surface area contributed by atoms with Crippen LogP contribution in [0.15, 0.2) is 66.7 Å². The Labute approximate surface area is 205 Å². The second-order valence-corrected chi connectivity index (χ2v) is 22.9. The summed E-state index contributed by atoms with van der Waals surface area (Å²) in [5.41, 5.74) is 8.11. The van der Waals surface area contributed by atoms with Crippen LogP contribution in [0.1, 0.15) is 22.3 Å². The number of rotatable bonds is 9. The van der Waals surface area contributed by atoms with Gasteiger partial charge >= 0.3 is 0 Å². The van der Waals surface area contributed by atoms with Gasteiger partial charge in [-0.1, -0.05) is 101 Å². The summed E-state index contributed by atoms with van der Waals surface area (Å²) in [5, 5.41) is 1.54. The zero-order valence-corrected chi connectivity index (χ0v) is 24.6. The lowest BCUT2D eigenvalue weighted by atomic mass is 10.1. The minimum atomic E-state index is -1.69. The molecule has 2 N–H and O–H groups in total. The van der Waals surface area contributed by atoms with Crippen molar-refractivity contribution in [1.29, 1.82) is 0 Å². The number of hydrogen-bond acceptors (Lipinski definition) is 2. The quantitative estimate of drug-likeness (QED) is 0.236.